The molecular formula is C28H31NO6S. The van der Waals surface area contributed by atoms with Crippen LogP contribution in [0.1, 0.15) is 47.9 Å². The molecule has 2 unspecified atom stereocenters. The molecule has 3 aromatic rings. The SMILES string of the molecule is CCC(Oc1ccc(S(=O)(=O)N2Cc3cc(O)ccc3C(CCc3ccccc3)C2)cc1C)C(=O)O. The lowest BCUT2D eigenvalue weighted by molar-refractivity contribution is -0.145. The van der Waals surface area contributed by atoms with E-state index >= 15 is 0 Å². The maximum Gasteiger partial charge on any atom is 0.344 e. The van der Waals surface area contributed by atoms with Crippen LogP contribution in [0.25, 0.3) is 0 Å². The maximum absolute atomic E-state index is 13.7. The number of fused-ring (bicyclic) bond motifs is 1. The number of phenols is 1. The Morgan fingerprint density at radius 1 is 1.11 bits per heavy atom. The Hall–Kier alpha value is -3.36. The van der Waals surface area contributed by atoms with Gasteiger partial charge in [-0.25, -0.2) is 13.2 Å². The summed E-state index contributed by atoms with van der Waals surface area (Å²) in [5.74, 6) is -0.631. The van der Waals surface area contributed by atoms with E-state index in [0.717, 1.165) is 24.0 Å². The minimum atomic E-state index is -3.84. The number of aliphatic carboxylic acids is 1. The van der Waals surface area contributed by atoms with Gasteiger partial charge in [-0.3, -0.25) is 0 Å². The Balaban J connectivity index is 1.60. The van der Waals surface area contributed by atoms with Gasteiger partial charge in [0.15, 0.2) is 6.10 Å². The van der Waals surface area contributed by atoms with E-state index in [1.165, 1.54) is 28.1 Å². The zero-order valence-corrected chi connectivity index (χ0v) is 21.2. The highest BCUT2D eigenvalue weighted by atomic mass is 32.2. The molecular weight excluding hydrogens is 478 g/mol. The number of aromatic hydroxyl groups is 1. The second-order valence-corrected chi connectivity index (χ2v) is 11.1. The molecule has 1 heterocycles. The number of hydrogen-bond acceptors (Lipinski definition) is 5. The minimum Gasteiger partial charge on any atom is -0.508 e. The van der Waals surface area contributed by atoms with Gasteiger partial charge in [-0.15, -0.1) is 0 Å². The molecule has 0 aliphatic carbocycles. The van der Waals surface area contributed by atoms with E-state index < -0.39 is 22.1 Å². The van der Waals surface area contributed by atoms with Crippen LogP contribution in [0.2, 0.25) is 0 Å². The van der Waals surface area contributed by atoms with Crippen molar-refractivity contribution in [2.75, 3.05) is 6.54 Å². The highest BCUT2D eigenvalue weighted by Crippen LogP contribution is 2.36. The molecule has 8 heteroatoms. The van der Waals surface area contributed by atoms with Crippen LogP contribution in [0.3, 0.4) is 0 Å². The topological polar surface area (TPSA) is 104 Å². The predicted molar refractivity (Wildman–Crippen MR) is 137 cm³/mol. The summed E-state index contributed by atoms with van der Waals surface area (Å²) in [4.78, 5) is 11.5. The standard InChI is InChI=1S/C28H31NO6S/c1-3-26(28(31)32)35-27-14-12-24(15-19(27)2)36(33,34)29-17-21(10-9-20-7-5-4-6-8-20)25-13-11-23(30)16-22(25)18-29/h4-8,11-16,21,26,30H,3,9-10,17-18H2,1-2H3,(H,31,32). The van der Waals surface area contributed by atoms with Crippen LogP contribution in [0.4, 0.5) is 0 Å². The van der Waals surface area contributed by atoms with Crippen LogP contribution in [0.5, 0.6) is 11.5 Å². The summed E-state index contributed by atoms with van der Waals surface area (Å²) >= 11 is 0. The van der Waals surface area contributed by atoms with Gasteiger partial charge < -0.3 is 14.9 Å². The number of aryl methyl sites for hydroxylation is 2. The van der Waals surface area contributed by atoms with Gasteiger partial charge >= 0.3 is 5.97 Å². The molecule has 0 aromatic heterocycles. The molecule has 0 amide bonds. The lowest BCUT2D eigenvalue weighted by Crippen LogP contribution is -2.38. The molecule has 0 spiro atoms. The quantitative estimate of drug-likeness (QED) is 0.427. The number of benzene rings is 3. The Labute approximate surface area is 212 Å². The number of phenolic OH excluding ortho intramolecular Hbond substituents is 1. The van der Waals surface area contributed by atoms with Crippen LogP contribution < -0.4 is 4.74 Å². The van der Waals surface area contributed by atoms with Crippen molar-refractivity contribution in [3.63, 3.8) is 0 Å². The first-order valence-corrected chi connectivity index (χ1v) is 13.5. The molecule has 36 heavy (non-hydrogen) atoms. The summed E-state index contributed by atoms with van der Waals surface area (Å²) in [6, 6.07) is 19.8. The van der Waals surface area contributed by atoms with Gasteiger partial charge in [-0.2, -0.15) is 4.31 Å². The minimum absolute atomic E-state index is 0.0195. The van der Waals surface area contributed by atoms with Crippen LogP contribution in [-0.4, -0.2) is 41.6 Å². The van der Waals surface area contributed by atoms with Crippen molar-refractivity contribution in [2.24, 2.45) is 0 Å². The van der Waals surface area contributed by atoms with E-state index in [2.05, 4.69) is 12.1 Å². The summed E-state index contributed by atoms with van der Waals surface area (Å²) in [7, 11) is -3.84. The van der Waals surface area contributed by atoms with Crippen molar-refractivity contribution in [3.05, 3.63) is 89.0 Å². The fourth-order valence-electron chi connectivity index (χ4n) is 4.67. The smallest absolute Gasteiger partial charge is 0.344 e. The van der Waals surface area contributed by atoms with E-state index in [0.29, 0.717) is 24.3 Å². The van der Waals surface area contributed by atoms with E-state index in [4.69, 9.17) is 4.74 Å². The van der Waals surface area contributed by atoms with Crippen molar-refractivity contribution < 1.29 is 28.2 Å². The fraction of sp³-hybridized carbons (Fsp3) is 0.321. The molecule has 4 rings (SSSR count). The van der Waals surface area contributed by atoms with Gasteiger partial charge in [0.05, 0.1) is 4.90 Å². The molecule has 3 aromatic carbocycles. The van der Waals surface area contributed by atoms with Gasteiger partial charge in [0, 0.05) is 13.1 Å². The predicted octanol–water partition coefficient (Wildman–Crippen LogP) is 4.86. The summed E-state index contributed by atoms with van der Waals surface area (Å²) in [6.07, 6.45) is 0.877. The summed E-state index contributed by atoms with van der Waals surface area (Å²) < 4.78 is 34.4. The maximum atomic E-state index is 13.7. The van der Waals surface area contributed by atoms with Crippen molar-refractivity contribution >= 4 is 16.0 Å². The number of hydrogen-bond donors (Lipinski definition) is 2. The van der Waals surface area contributed by atoms with Crippen LogP contribution in [0.15, 0.2) is 71.6 Å². The van der Waals surface area contributed by atoms with Gasteiger partial charge in [-0.05, 0) is 84.7 Å². The largest absolute Gasteiger partial charge is 0.508 e. The molecule has 0 radical (unpaired) electrons. The Morgan fingerprint density at radius 3 is 2.53 bits per heavy atom. The van der Waals surface area contributed by atoms with E-state index in [9.17, 15) is 23.4 Å². The normalized spacial score (nSPS) is 16.8. The summed E-state index contributed by atoms with van der Waals surface area (Å²) in [6.45, 7) is 3.92. The molecule has 0 bridgehead atoms. The number of carboxylic acids is 1. The Kier molecular flexibility index (Phi) is 7.66. The third-order valence-corrected chi connectivity index (χ3v) is 8.47. The number of carbonyl (C=O) groups is 1. The third kappa shape index (κ3) is 5.55. The Bertz CT molecular complexity index is 1340. The van der Waals surface area contributed by atoms with E-state index in [-0.39, 0.29) is 23.1 Å². The van der Waals surface area contributed by atoms with Crippen LogP contribution >= 0.6 is 0 Å². The summed E-state index contributed by atoms with van der Waals surface area (Å²) in [5.41, 5.74) is 3.60. The van der Waals surface area contributed by atoms with Gasteiger partial charge in [0.1, 0.15) is 11.5 Å². The number of rotatable bonds is 9. The second kappa shape index (κ2) is 10.7. The molecule has 2 N–H and O–H groups in total. The molecule has 190 valence electrons. The number of carboxylic acid groups (broad SMARTS) is 1. The zero-order valence-electron chi connectivity index (χ0n) is 20.4. The molecule has 1 aliphatic rings. The first kappa shape index (κ1) is 25.7. The lowest BCUT2D eigenvalue weighted by Gasteiger charge is -2.34. The van der Waals surface area contributed by atoms with Gasteiger partial charge in [0.25, 0.3) is 0 Å². The number of nitrogens with zero attached hydrogens (tertiary/aromatic N) is 1. The highest BCUT2D eigenvalue weighted by Gasteiger charge is 2.34. The first-order valence-electron chi connectivity index (χ1n) is 12.0. The lowest BCUT2D eigenvalue weighted by atomic mass is 9.86. The van der Waals surface area contributed by atoms with Gasteiger partial charge in [-0.1, -0.05) is 43.3 Å². The fourth-order valence-corrected chi connectivity index (χ4v) is 6.22. The van der Waals surface area contributed by atoms with Crippen LogP contribution in [-0.2, 0) is 27.8 Å². The number of ether oxygens (including phenoxy) is 1. The highest BCUT2D eigenvalue weighted by molar-refractivity contribution is 7.89. The average molecular weight is 510 g/mol. The molecule has 0 saturated carbocycles. The average Bonchev–Trinajstić information content (AvgIpc) is 2.86. The monoisotopic (exact) mass is 509 g/mol. The molecule has 0 saturated heterocycles. The molecule has 1 aliphatic heterocycles. The van der Waals surface area contributed by atoms with E-state index in [1.54, 1.807) is 26.0 Å². The van der Waals surface area contributed by atoms with Crippen molar-refractivity contribution in [2.45, 2.75) is 56.6 Å². The molecule has 0 fully saturated rings. The third-order valence-electron chi connectivity index (χ3n) is 6.66. The van der Waals surface area contributed by atoms with Crippen molar-refractivity contribution in [3.8, 4) is 11.5 Å². The second-order valence-electron chi connectivity index (χ2n) is 9.18. The van der Waals surface area contributed by atoms with Crippen molar-refractivity contribution in [1.29, 1.82) is 0 Å². The van der Waals surface area contributed by atoms with Crippen molar-refractivity contribution in [1.82, 2.24) is 4.31 Å². The van der Waals surface area contributed by atoms with Crippen LogP contribution in [0, 0.1) is 6.92 Å². The van der Waals surface area contributed by atoms with E-state index in [1.807, 2.05) is 24.3 Å². The van der Waals surface area contributed by atoms with Gasteiger partial charge in [0.2, 0.25) is 10.0 Å². The summed E-state index contributed by atoms with van der Waals surface area (Å²) in [5, 5.41) is 19.3. The first-order chi connectivity index (χ1) is 17.2. The Morgan fingerprint density at radius 2 is 1.86 bits per heavy atom. The zero-order chi connectivity index (χ0) is 25.9. The molecule has 7 nitrogen and oxygen atoms in total. The molecule has 2 atom stereocenters. The number of sulfonamides is 1.